The molecule has 1 heterocycles. The molecule has 0 aromatic carbocycles. The van der Waals surface area contributed by atoms with Crippen LogP contribution in [-0.2, 0) is 4.79 Å². The summed E-state index contributed by atoms with van der Waals surface area (Å²) in [7, 11) is 0. The molecule has 0 unspecified atom stereocenters. The smallest absolute Gasteiger partial charge is 0.221 e. The van der Waals surface area contributed by atoms with E-state index in [2.05, 4.69) is 41.1 Å². The average molecular weight is 355 g/mol. The van der Waals surface area contributed by atoms with Crippen molar-refractivity contribution in [3.8, 4) is 0 Å². The van der Waals surface area contributed by atoms with Crippen LogP contribution in [0, 0.1) is 0 Å². The van der Waals surface area contributed by atoms with Crippen LogP contribution in [0.15, 0.2) is 4.99 Å². The second-order valence-electron chi connectivity index (χ2n) is 6.85. The van der Waals surface area contributed by atoms with Crippen molar-refractivity contribution in [2.45, 2.75) is 63.5 Å². The van der Waals surface area contributed by atoms with Crippen molar-refractivity contribution in [1.82, 2.24) is 15.5 Å². The molecule has 0 radical (unpaired) electrons. The van der Waals surface area contributed by atoms with Crippen molar-refractivity contribution in [2.24, 2.45) is 4.99 Å². The van der Waals surface area contributed by atoms with Gasteiger partial charge in [-0.15, -0.1) is 0 Å². The summed E-state index contributed by atoms with van der Waals surface area (Å²) in [6.07, 6.45) is 8.26. The Labute approximate surface area is 151 Å². The van der Waals surface area contributed by atoms with Crippen molar-refractivity contribution in [3.63, 3.8) is 0 Å². The molecule has 2 fully saturated rings. The number of guanidine groups is 1. The molecule has 0 bridgehead atoms. The molecule has 1 saturated heterocycles. The standard InChI is InChI=1S/C18H34N4OS/c1-3-11-20-16(23)8-12-21-17(19-4-2)22-13-14-24-18(15-22)9-6-5-7-10-18/h3-15H2,1-2H3,(H,19,21)(H,20,23). The van der Waals surface area contributed by atoms with Crippen LogP contribution < -0.4 is 10.6 Å². The van der Waals surface area contributed by atoms with Crippen LogP contribution in [0.25, 0.3) is 0 Å². The van der Waals surface area contributed by atoms with Gasteiger partial charge in [0.1, 0.15) is 0 Å². The van der Waals surface area contributed by atoms with Crippen LogP contribution in [0.4, 0.5) is 0 Å². The molecule has 1 aliphatic heterocycles. The molecular weight excluding hydrogens is 320 g/mol. The molecule has 5 nitrogen and oxygen atoms in total. The Morgan fingerprint density at radius 3 is 2.71 bits per heavy atom. The Morgan fingerprint density at radius 1 is 1.21 bits per heavy atom. The number of rotatable bonds is 6. The van der Waals surface area contributed by atoms with Gasteiger partial charge in [-0.25, -0.2) is 0 Å². The Morgan fingerprint density at radius 2 is 2.00 bits per heavy atom. The molecule has 1 aliphatic carbocycles. The van der Waals surface area contributed by atoms with Gasteiger partial charge >= 0.3 is 0 Å². The lowest BCUT2D eigenvalue weighted by Crippen LogP contribution is -2.53. The highest BCUT2D eigenvalue weighted by Crippen LogP contribution is 2.42. The van der Waals surface area contributed by atoms with Gasteiger partial charge in [-0.05, 0) is 26.2 Å². The van der Waals surface area contributed by atoms with E-state index in [9.17, 15) is 4.79 Å². The number of carbonyl (C=O) groups is 1. The fraction of sp³-hybridized carbons (Fsp3) is 0.889. The summed E-state index contributed by atoms with van der Waals surface area (Å²) in [6, 6.07) is 0. The molecule has 2 rings (SSSR count). The molecule has 2 N–H and O–H groups in total. The minimum atomic E-state index is 0.106. The molecule has 1 amide bonds. The summed E-state index contributed by atoms with van der Waals surface area (Å²) < 4.78 is 0.436. The van der Waals surface area contributed by atoms with Crippen LogP contribution >= 0.6 is 11.8 Å². The van der Waals surface area contributed by atoms with Crippen molar-refractivity contribution < 1.29 is 4.79 Å². The molecule has 138 valence electrons. The van der Waals surface area contributed by atoms with Gasteiger partial charge in [0.05, 0.1) is 6.54 Å². The van der Waals surface area contributed by atoms with Crippen LogP contribution in [0.2, 0.25) is 0 Å². The van der Waals surface area contributed by atoms with Gasteiger partial charge in [0, 0.05) is 43.1 Å². The molecule has 24 heavy (non-hydrogen) atoms. The van der Waals surface area contributed by atoms with Gasteiger partial charge in [0.25, 0.3) is 0 Å². The number of nitrogens with zero attached hydrogens (tertiary/aromatic N) is 2. The van der Waals surface area contributed by atoms with Gasteiger partial charge < -0.3 is 15.5 Å². The number of hydrogen-bond donors (Lipinski definition) is 2. The molecular formula is C18H34N4OS. The molecule has 0 aromatic heterocycles. The maximum absolute atomic E-state index is 11.7. The van der Waals surface area contributed by atoms with E-state index in [-0.39, 0.29) is 5.91 Å². The first-order valence-corrected chi connectivity index (χ1v) is 10.6. The van der Waals surface area contributed by atoms with Crippen LogP contribution in [0.1, 0.15) is 58.8 Å². The summed E-state index contributed by atoms with van der Waals surface area (Å²) in [4.78, 5) is 18.9. The van der Waals surface area contributed by atoms with E-state index in [0.29, 0.717) is 17.7 Å². The molecule has 6 heteroatoms. The number of carbonyl (C=O) groups excluding carboxylic acids is 1. The predicted octanol–water partition coefficient (Wildman–Crippen LogP) is 2.62. The van der Waals surface area contributed by atoms with E-state index in [1.807, 2.05) is 0 Å². The number of hydrogen-bond acceptors (Lipinski definition) is 3. The van der Waals surface area contributed by atoms with E-state index in [1.165, 1.54) is 37.9 Å². The second kappa shape index (κ2) is 10.2. The minimum Gasteiger partial charge on any atom is -0.357 e. The Balaban J connectivity index is 1.90. The zero-order valence-electron chi connectivity index (χ0n) is 15.4. The summed E-state index contributed by atoms with van der Waals surface area (Å²) in [6.45, 7) is 8.53. The lowest BCUT2D eigenvalue weighted by atomic mass is 9.87. The SMILES string of the molecule is CCCNC(=O)CCN=C(NCC)N1CCSC2(CCCCC2)C1. The minimum absolute atomic E-state index is 0.106. The molecule has 1 spiro atoms. The van der Waals surface area contributed by atoms with Gasteiger partial charge in [0.2, 0.25) is 5.91 Å². The third kappa shape index (κ3) is 5.87. The van der Waals surface area contributed by atoms with Crippen LogP contribution in [0.3, 0.4) is 0 Å². The topological polar surface area (TPSA) is 56.7 Å². The maximum Gasteiger partial charge on any atom is 0.221 e. The number of thioether (sulfide) groups is 1. The Bertz CT molecular complexity index is 416. The first-order chi connectivity index (χ1) is 11.7. The first kappa shape index (κ1) is 19.4. The highest BCUT2D eigenvalue weighted by molar-refractivity contribution is 8.00. The Hall–Kier alpha value is -0.910. The summed E-state index contributed by atoms with van der Waals surface area (Å²) >= 11 is 2.17. The van der Waals surface area contributed by atoms with Crippen molar-refractivity contribution in [1.29, 1.82) is 0 Å². The highest BCUT2D eigenvalue weighted by atomic mass is 32.2. The zero-order valence-corrected chi connectivity index (χ0v) is 16.2. The number of nitrogens with one attached hydrogen (secondary N) is 2. The predicted molar refractivity (Wildman–Crippen MR) is 104 cm³/mol. The highest BCUT2D eigenvalue weighted by Gasteiger charge is 2.38. The number of aliphatic imine (C=N–C) groups is 1. The summed E-state index contributed by atoms with van der Waals surface area (Å²) in [5.41, 5.74) is 0. The van der Waals surface area contributed by atoms with E-state index in [0.717, 1.165) is 38.6 Å². The van der Waals surface area contributed by atoms with Gasteiger partial charge in [0.15, 0.2) is 5.96 Å². The lowest BCUT2D eigenvalue weighted by Gasteiger charge is -2.45. The van der Waals surface area contributed by atoms with Gasteiger partial charge in [-0.1, -0.05) is 26.2 Å². The van der Waals surface area contributed by atoms with Gasteiger partial charge in [-0.2, -0.15) is 11.8 Å². The fourth-order valence-electron chi connectivity index (χ4n) is 3.57. The number of amides is 1. The molecule has 0 atom stereocenters. The lowest BCUT2D eigenvalue weighted by molar-refractivity contribution is -0.120. The third-order valence-corrected chi connectivity index (χ3v) is 6.36. The van der Waals surface area contributed by atoms with E-state index in [1.54, 1.807) is 0 Å². The van der Waals surface area contributed by atoms with Crippen molar-refractivity contribution in [2.75, 3.05) is 38.5 Å². The molecule has 0 aromatic rings. The van der Waals surface area contributed by atoms with Gasteiger partial charge in [-0.3, -0.25) is 9.79 Å². The van der Waals surface area contributed by atoms with E-state index < -0.39 is 0 Å². The molecule has 2 aliphatic rings. The first-order valence-electron chi connectivity index (χ1n) is 9.63. The van der Waals surface area contributed by atoms with Crippen LogP contribution in [-0.4, -0.2) is 60.0 Å². The summed E-state index contributed by atoms with van der Waals surface area (Å²) in [5.74, 6) is 2.28. The van der Waals surface area contributed by atoms with E-state index in [4.69, 9.17) is 4.99 Å². The van der Waals surface area contributed by atoms with Crippen molar-refractivity contribution in [3.05, 3.63) is 0 Å². The Kier molecular flexibility index (Phi) is 8.22. The molecule has 1 saturated carbocycles. The largest absolute Gasteiger partial charge is 0.357 e. The maximum atomic E-state index is 11.7. The monoisotopic (exact) mass is 354 g/mol. The fourth-order valence-corrected chi connectivity index (χ4v) is 5.14. The average Bonchev–Trinajstić information content (AvgIpc) is 2.60. The van der Waals surface area contributed by atoms with Crippen LogP contribution in [0.5, 0.6) is 0 Å². The second-order valence-corrected chi connectivity index (χ2v) is 8.41. The third-order valence-electron chi connectivity index (χ3n) is 4.82. The normalized spacial score (nSPS) is 20.9. The summed E-state index contributed by atoms with van der Waals surface area (Å²) in [5, 5.41) is 6.34. The quantitative estimate of drug-likeness (QED) is 0.569. The van der Waals surface area contributed by atoms with E-state index >= 15 is 0 Å². The van der Waals surface area contributed by atoms with Crippen molar-refractivity contribution >= 4 is 23.6 Å². The zero-order chi connectivity index (χ0) is 17.3.